The van der Waals surface area contributed by atoms with Crippen LogP contribution in [0.15, 0.2) is 42.5 Å². The Morgan fingerprint density at radius 1 is 1.15 bits per heavy atom. The van der Waals surface area contributed by atoms with Crippen LogP contribution in [0.3, 0.4) is 0 Å². The van der Waals surface area contributed by atoms with Crippen molar-refractivity contribution in [2.45, 2.75) is 6.92 Å². The number of amides is 1. The number of carbonyl (C=O) groups is 1. The van der Waals surface area contributed by atoms with E-state index in [1.54, 1.807) is 18.2 Å². The van der Waals surface area contributed by atoms with Gasteiger partial charge in [0.05, 0.1) is 5.02 Å². The van der Waals surface area contributed by atoms with Gasteiger partial charge in [0.25, 0.3) is 5.91 Å². The monoisotopic (exact) mass is 309 g/mol. The molecule has 0 saturated heterocycles. The van der Waals surface area contributed by atoms with Gasteiger partial charge in [0.15, 0.2) is 6.61 Å². The topological polar surface area (TPSA) is 38.3 Å². The zero-order valence-electron chi connectivity index (χ0n) is 10.8. The Balaban J connectivity index is 1.92. The molecule has 0 bridgehead atoms. The molecule has 104 valence electrons. The van der Waals surface area contributed by atoms with E-state index in [1.165, 1.54) is 0 Å². The molecule has 0 fully saturated rings. The van der Waals surface area contributed by atoms with Gasteiger partial charge < -0.3 is 10.1 Å². The third-order valence-corrected chi connectivity index (χ3v) is 3.41. The van der Waals surface area contributed by atoms with Crippen molar-refractivity contribution in [3.05, 3.63) is 58.1 Å². The van der Waals surface area contributed by atoms with Crippen LogP contribution in [0.1, 0.15) is 5.56 Å². The lowest BCUT2D eigenvalue weighted by Gasteiger charge is -2.09. The summed E-state index contributed by atoms with van der Waals surface area (Å²) in [5, 5.41) is 3.43. The SMILES string of the molecule is Cc1ccc(NC(=O)COc2cccc(Cl)c2Cl)cc1. The summed E-state index contributed by atoms with van der Waals surface area (Å²) in [5.41, 5.74) is 1.85. The number of rotatable bonds is 4. The van der Waals surface area contributed by atoms with Crippen LogP contribution in [0, 0.1) is 6.92 Å². The lowest BCUT2D eigenvalue weighted by molar-refractivity contribution is -0.118. The Kier molecular flexibility index (Phi) is 4.88. The minimum atomic E-state index is -0.259. The molecule has 2 rings (SSSR count). The van der Waals surface area contributed by atoms with Crippen molar-refractivity contribution in [1.29, 1.82) is 0 Å². The predicted octanol–water partition coefficient (Wildman–Crippen LogP) is 4.32. The second-order valence-corrected chi connectivity index (χ2v) is 5.04. The summed E-state index contributed by atoms with van der Waals surface area (Å²) in [6, 6.07) is 12.5. The third-order valence-electron chi connectivity index (χ3n) is 2.61. The molecule has 5 heteroatoms. The highest BCUT2D eigenvalue weighted by atomic mass is 35.5. The fourth-order valence-electron chi connectivity index (χ4n) is 1.57. The van der Waals surface area contributed by atoms with Crippen molar-refractivity contribution < 1.29 is 9.53 Å². The van der Waals surface area contributed by atoms with E-state index in [4.69, 9.17) is 27.9 Å². The van der Waals surface area contributed by atoms with Gasteiger partial charge in [-0.25, -0.2) is 0 Å². The summed E-state index contributed by atoms with van der Waals surface area (Å²) < 4.78 is 5.35. The van der Waals surface area contributed by atoms with Crippen molar-refractivity contribution >= 4 is 34.8 Å². The van der Waals surface area contributed by atoms with Crippen molar-refractivity contribution in [3.8, 4) is 5.75 Å². The van der Waals surface area contributed by atoms with Gasteiger partial charge in [0.1, 0.15) is 10.8 Å². The summed E-state index contributed by atoms with van der Waals surface area (Å²) in [4.78, 5) is 11.8. The predicted molar refractivity (Wildman–Crippen MR) is 81.8 cm³/mol. The van der Waals surface area contributed by atoms with E-state index in [1.807, 2.05) is 31.2 Å². The number of halogens is 2. The Bertz CT molecular complexity index is 612. The van der Waals surface area contributed by atoms with E-state index in [9.17, 15) is 4.79 Å². The number of carbonyl (C=O) groups excluding carboxylic acids is 1. The summed E-state index contributed by atoms with van der Waals surface area (Å²) in [5.74, 6) is 0.128. The van der Waals surface area contributed by atoms with Gasteiger partial charge in [0, 0.05) is 5.69 Å². The van der Waals surface area contributed by atoms with Crippen molar-refractivity contribution in [2.75, 3.05) is 11.9 Å². The van der Waals surface area contributed by atoms with Crippen LogP contribution in [0.2, 0.25) is 10.0 Å². The zero-order valence-corrected chi connectivity index (χ0v) is 12.3. The molecule has 0 aliphatic carbocycles. The van der Waals surface area contributed by atoms with Gasteiger partial charge in [-0.2, -0.15) is 0 Å². The smallest absolute Gasteiger partial charge is 0.262 e. The molecule has 2 aromatic rings. The highest BCUT2D eigenvalue weighted by Gasteiger charge is 2.08. The van der Waals surface area contributed by atoms with Crippen LogP contribution in [-0.2, 0) is 4.79 Å². The molecule has 0 heterocycles. The Labute approximate surface area is 127 Å². The number of aryl methyl sites for hydroxylation is 1. The van der Waals surface area contributed by atoms with E-state index in [2.05, 4.69) is 5.32 Å². The molecular formula is C15H13Cl2NO2. The van der Waals surface area contributed by atoms with Crippen LogP contribution in [0.4, 0.5) is 5.69 Å². The lowest BCUT2D eigenvalue weighted by Crippen LogP contribution is -2.20. The normalized spacial score (nSPS) is 10.2. The van der Waals surface area contributed by atoms with E-state index < -0.39 is 0 Å². The van der Waals surface area contributed by atoms with Crippen molar-refractivity contribution in [3.63, 3.8) is 0 Å². The first kappa shape index (κ1) is 14.7. The molecule has 2 aromatic carbocycles. The number of anilines is 1. The summed E-state index contributed by atoms with van der Waals surface area (Å²) >= 11 is 11.8. The number of hydrogen-bond donors (Lipinski definition) is 1. The fourth-order valence-corrected chi connectivity index (χ4v) is 1.92. The van der Waals surface area contributed by atoms with Gasteiger partial charge in [0.2, 0.25) is 0 Å². The quantitative estimate of drug-likeness (QED) is 0.913. The molecule has 0 aliphatic heterocycles. The Hall–Kier alpha value is -1.71. The van der Waals surface area contributed by atoms with E-state index in [0.29, 0.717) is 15.8 Å². The number of benzene rings is 2. The summed E-state index contributed by atoms with van der Waals surface area (Å²) in [6.07, 6.45) is 0. The summed E-state index contributed by atoms with van der Waals surface area (Å²) in [7, 11) is 0. The molecule has 0 unspecified atom stereocenters. The molecule has 0 saturated carbocycles. The van der Waals surface area contributed by atoms with Gasteiger partial charge in [-0.3, -0.25) is 4.79 Å². The van der Waals surface area contributed by atoms with E-state index in [-0.39, 0.29) is 12.5 Å². The van der Waals surface area contributed by atoms with Crippen LogP contribution in [0.25, 0.3) is 0 Å². The van der Waals surface area contributed by atoms with Gasteiger partial charge in [-0.05, 0) is 31.2 Å². The molecule has 1 amide bonds. The first-order valence-corrected chi connectivity index (χ1v) is 6.75. The second kappa shape index (κ2) is 6.64. The Morgan fingerprint density at radius 3 is 2.55 bits per heavy atom. The number of nitrogens with one attached hydrogen (secondary N) is 1. The molecule has 0 aliphatic rings. The first-order chi connectivity index (χ1) is 9.56. The van der Waals surface area contributed by atoms with Gasteiger partial charge >= 0.3 is 0 Å². The third kappa shape index (κ3) is 3.89. The fraction of sp³-hybridized carbons (Fsp3) is 0.133. The highest BCUT2D eigenvalue weighted by molar-refractivity contribution is 6.42. The maximum absolute atomic E-state index is 11.8. The van der Waals surface area contributed by atoms with Crippen molar-refractivity contribution in [2.24, 2.45) is 0 Å². The highest BCUT2D eigenvalue weighted by Crippen LogP contribution is 2.31. The molecule has 0 aromatic heterocycles. The van der Waals surface area contributed by atoms with Crippen LogP contribution < -0.4 is 10.1 Å². The molecule has 0 atom stereocenters. The van der Waals surface area contributed by atoms with Crippen LogP contribution in [0.5, 0.6) is 5.75 Å². The standard InChI is InChI=1S/C15H13Cl2NO2/c1-10-5-7-11(8-6-10)18-14(19)9-20-13-4-2-3-12(16)15(13)17/h2-8H,9H2,1H3,(H,18,19). The minimum absolute atomic E-state index is 0.131. The molecule has 0 spiro atoms. The first-order valence-electron chi connectivity index (χ1n) is 5.99. The summed E-state index contributed by atoms with van der Waals surface area (Å²) in [6.45, 7) is 1.85. The molecule has 0 radical (unpaired) electrons. The minimum Gasteiger partial charge on any atom is -0.482 e. The molecule has 20 heavy (non-hydrogen) atoms. The largest absolute Gasteiger partial charge is 0.482 e. The number of hydrogen-bond acceptors (Lipinski definition) is 2. The molecular weight excluding hydrogens is 297 g/mol. The lowest BCUT2D eigenvalue weighted by atomic mass is 10.2. The molecule has 1 N–H and O–H groups in total. The van der Waals surface area contributed by atoms with Crippen molar-refractivity contribution in [1.82, 2.24) is 0 Å². The average Bonchev–Trinajstić information content (AvgIpc) is 2.43. The van der Waals surface area contributed by atoms with Crippen LogP contribution in [-0.4, -0.2) is 12.5 Å². The average molecular weight is 310 g/mol. The van der Waals surface area contributed by atoms with Gasteiger partial charge in [-0.1, -0.05) is 47.0 Å². The van der Waals surface area contributed by atoms with Gasteiger partial charge in [-0.15, -0.1) is 0 Å². The second-order valence-electron chi connectivity index (χ2n) is 4.25. The van der Waals surface area contributed by atoms with E-state index in [0.717, 1.165) is 11.3 Å². The zero-order chi connectivity index (χ0) is 14.5. The Morgan fingerprint density at radius 2 is 1.85 bits per heavy atom. The van der Waals surface area contributed by atoms with Crippen LogP contribution >= 0.6 is 23.2 Å². The maximum atomic E-state index is 11.8. The maximum Gasteiger partial charge on any atom is 0.262 e. The molecule has 3 nitrogen and oxygen atoms in total. The van der Waals surface area contributed by atoms with E-state index >= 15 is 0 Å². The number of ether oxygens (including phenoxy) is 1.